The van der Waals surface area contributed by atoms with Crippen LogP contribution in [0.3, 0.4) is 0 Å². The standard InChI is InChI=1S/C9H8N2O5/c1-5-2-6-3-7(10(12)13)4-8(11(14)15)9(6)16-5/h3-5H,2H2,1H3. The predicted molar refractivity (Wildman–Crippen MR) is 53.5 cm³/mol. The summed E-state index contributed by atoms with van der Waals surface area (Å²) in [5, 5.41) is 21.3. The Morgan fingerprint density at radius 2 is 2.00 bits per heavy atom. The maximum atomic E-state index is 10.7. The number of fused-ring (bicyclic) bond motifs is 1. The Hall–Kier alpha value is -2.18. The van der Waals surface area contributed by atoms with Gasteiger partial charge in [-0.05, 0) is 6.92 Å². The Morgan fingerprint density at radius 1 is 1.31 bits per heavy atom. The molecule has 1 aromatic carbocycles. The molecule has 0 amide bonds. The molecular weight excluding hydrogens is 216 g/mol. The fourth-order valence-electron chi connectivity index (χ4n) is 1.74. The fraction of sp³-hybridized carbons (Fsp3) is 0.333. The average Bonchev–Trinajstić information content (AvgIpc) is 2.55. The largest absolute Gasteiger partial charge is 0.483 e. The summed E-state index contributed by atoms with van der Waals surface area (Å²) in [7, 11) is 0. The lowest BCUT2D eigenvalue weighted by Gasteiger charge is -2.02. The van der Waals surface area contributed by atoms with E-state index in [1.165, 1.54) is 6.07 Å². The van der Waals surface area contributed by atoms with Crippen LogP contribution < -0.4 is 4.74 Å². The molecule has 16 heavy (non-hydrogen) atoms. The van der Waals surface area contributed by atoms with E-state index in [-0.39, 0.29) is 23.2 Å². The molecule has 0 radical (unpaired) electrons. The molecule has 0 saturated carbocycles. The van der Waals surface area contributed by atoms with Crippen molar-refractivity contribution in [2.75, 3.05) is 0 Å². The molecule has 1 unspecified atom stereocenters. The minimum atomic E-state index is -0.663. The Morgan fingerprint density at radius 3 is 2.56 bits per heavy atom. The lowest BCUT2D eigenvalue weighted by atomic mass is 10.1. The molecule has 1 heterocycles. The van der Waals surface area contributed by atoms with Gasteiger partial charge in [-0.2, -0.15) is 0 Å². The summed E-state index contributed by atoms with van der Waals surface area (Å²) >= 11 is 0. The molecule has 7 heteroatoms. The summed E-state index contributed by atoms with van der Waals surface area (Å²) in [6.07, 6.45) is 0.272. The number of nitrogens with zero attached hydrogens (tertiary/aromatic N) is 2. The number of nitro groups is 2. The van der Waals surface area contributed by atoms with Gasteiger partial charge in [0.15, 0.2) is 0 Å². The van der Waals surface area contributed by atoms with E-state index < -0.39 is 9.85 Å². The number of hydrogen-bond donors (Lipinski definition) is 0. The van der Waals surface area contributed by atoms with Crippen LogP contribution in [0.5, 0.6) is 5.75 Å². The molecule has 1 aromatic rings. The first kappa shape index (κ1) is 10.3. The topological polar surface area (TPSA) is 95.5 Å². The number of rotatable bonds is 2. The SMILES string of the molecule is CC1Cc2cc([N+](=O)[O-])cc([N+](=O)[O-])c2O1. The molecule has 0 N–H and O–H groups in total. The van der Waals surface area contributed by atoms with Gasteiger partial charge in [-0.1, -0.05) is 0 Å². The van der Waals surface area contributed by atoms with Crippen LogP contribution in [0.25, 0.3) is 0 Å². The first-order chi connectivity index (χ1) is 7.49. The number of nitro benzene ring substituents is 2. The molecule has 0 aromatic heterocycles. The van der Waals surface area contributed by atoms with E-state index in [4.69, 9.17) is 4.74 Å². The van der Waals surface area contributed by atoms with Crippen molar-refractivity contribution >= 4 is 11.4 Å². The minimum Gasteiger partial charge on any atom is -0.483 e. The predicted octanol–water partition coefficient (Wildman–Crippen LogP) is 1.83. The first-order valence-corrected chi connectivity index (χ1v) is 4.61. The van der Waals surface area contributed by atoms with Gasteiger partial charge in [-0.15, -0.1) is 0 Å². The quantitative estimate of drug-likeness (QED) is 0.564. The van der Waals surface area contributed by atoms with Gasteiger partial charge in [-0.25, -0.2) is 0 Å². The summed E-state index contributed by atoms with van der Waals surface area (Å²) in [5.41, 5.74) is -0.0925. The average molecular weight is 224 g/mol. The number of ether oxygens (including phenoxy) is 1. The van der Waals surface area contributed by atoms with Gasteiger partial charge >= 0.3 is 5.69 Å². The van der Waals surface area contributed by atoms with Crippen molar-refractivity contribution in [1.82, 2.24) is 0 Å². The molecule has 2 rings (SSSR count). The summed E-state index contributed by atoms with van der Waals surface area (Å²) in [6.45, 7) is 1.76. The van der Waals surface area contributed by atoms with Crippen molar-refractivity contribution in [1.29, 1.82) is 0 Å². The van der Waals surface area contributed by atoms with Crippen LogP contribution in [0.4, 0.5) is 11.4 Å². The highest BCUT2D eigenvalue weighted by molar-refractivity contribution is 5.60. The van der Waals surface area contributed by atoms with E-state index in [2.05, 4.69) is 0 Å². The van der Waals surface area contributed by atoms with Crippen molar-refractivity contribution in [3.63, 3.8) is 0 Å². The van der Waals surface area contributed by atoms with Crippen LogP contribution in [0.2, 0.25) is 0 Å². The Labute approximate surface area is 89.9 Å². The van der Waals surface area contributed by atoms with Crippen LogP contribution in [0, 0.1) is 20.2 Å². The third-order valence-electron chi connectivity index (χ3n) is 2.36. The third-order valence-corrected chi connectivity index (χ3v) is 2.36. The van der Waals surface area contributed by atoms with Gasteiger partial charge < -0.3 is 4.74 Å². The van der Waals surface area contributed by atoms with Crippen LogP contribution in [0.1, 0.15) is 12.5 Å². The zero-order valence-electron chi connectivity index (χ0n) is 8.37. The highest BCUT2D eigenvalue weighted by atomic mass is 16.6. The monoisotopic (exact) mass is 224 g/mol. The molecule has 1 atom stereocenters. The zero-order valence-corrected chi connectivity index (χ0v) is 8.37. The van der Waals surface area contributed by atoms with Crippen molar-refractivity contribution in [3.8, 4) is 5.75 Å². The Balaban J connectivity index is 2.60. The summed E-state index contributed by atoms with van der Waals surface area (Å²) in [5.74, 6) is 0.156. The molecule has 7 nitrogen and oxygen atoms in total. The molecule has 0 aliphatic carbocycles. The van der Waals surface area contributed by atoms with Crippen LogP contribution in [-0.4, -0.2) is 16.0 Å². The van der Waals surface area contributed by atoms with Gasteiger partial charge in [0.2, 0.25) is 5.75 Å². The maximum absolute atomic E-state index is 10.7. The molecule has 0 spiro atoms. The van der Waals surface area contributed by atoms with Gasteiger partial charge in [0, 0.05) is 18.1 Å². The molecule has 84 valence electrons. The molecule has 0 bridgehead atoms. The van der Waals surface area contributed by atoms with E-state index in [1.54, 1.807) is 6.92 Å². The second-order valence-electron chi connectivity index (χ2n) is 3.60. The van der Waals surface area contributed by atoms with E-state index in [9.17, 15) is 20.2 Å². The Bertz CT molecular complexity index is 485. The number of benzene rings is 1. The van der Waals surface area contributed by atoms with Crippen molar-refractivity contribution in [3.05, 3.63) is 37.9 Å². The van der Waals surface area contributed by atoms with Crippen molar-refractivity contribution in [2.24, 2.45) is 0 Å². The first-order valence-electron chi connectivity index (χ1n) is 4.61. The van der Waals surface area contributed by atoms with Crippen molar-refractivity contribution < 1.29 is 14.6 Å². The van der Waals surface area contributed by atoms with Crippen LogP contribution in [-0.2, 0) is 6.42 Å². The maximum Gasteiger partial charge on any atom is 0.318 e. The smallest absolute Gasteiger partial charge is 0.318 e. The molecular formula is C9H8N2O5. The summed E-state index contributed by atoms with van der Waals surface area (Å²) in [6, 6.07) is 2.25. The van der Waals surface area contributed by atoms with Gasteiger partial charge in [0.1, 0.15) is 6.10 Å². The second-order valence-corrected chi connectivity index (χ2v) is 3.60. The Kier molecular flexibility index (Phi) is 2.22. The summed E-state index contributed by atoms with van der Waals surface area (Å²) < 4.78 is 5.27. The molecule has 0 fully saturated rings. The van der Waals surface area contributed by atoms with E-state index in [0.29, 0.717) is 12.0 Å². The van der Waals surface area contributed by atoms with Gasteiger partial charge in [-0.3, -0.25) is 20.2 Å². The molecule has 1 aliphatic heterocycles. The minimum absolute atomic E-state index is 0.156. The molecule has 0 saturated heterocycles. The third kappa shape index (κ3) is 1.56. The van der Waals surface area contributed by atoms with E-state index in [1.807, 2.05) is 0 Å². The lowest BCUT2D eigenvalue weighted by Crippen LogP contribution is -2.05. The summed E-state index contributed by atoms with van der Waals surface area (Å²) in [4.78, 5) is 20.0. The van der Waals surface area contributed by atoms with Crippen molar-refractivity contribution in [2.45, 2.75) is 19.4 Å². The number of hydrogen-bond acceptors (Lipinski definition) is 5. The molecule has 1 aliphatic rings. The van der Waals surface area contributed by atoms with Crippen LogP contribution >= 0.6 is 0 Å². The van der Waals surface area contributed by atoms with Gasteiger partial charge in [0.05, 0.1) is 15.9 Å². The van der Waals surface area contributed by atoms with E-state index in [0.717, 1.165) is 6.07 Å². The number of non-ortho nitro benzene ring substituents is 1. The fourth-order valence-corrected chi connectivity index (χ4v) is 1.74. The second kappa shape index (κ2) is 3.44. The lowest BCUT2D eigenvalue weighted by molar-refractivity contribution is -0.394. The highest BCUT2D eigenvalue weighted by Crippen LogP contribution is 2.40. The van der Waals surface area contributed by atoms with Crippen LogP contribution in [0.15, 0.2) is 12.1 Å². The normalized spacial score (nSPS) is 17.7. The van der Waals surface area contributed by atoms with E-state index >= 15 is 0 Å². The highest BCUT2D eigenvalue weighted by Gasteiger charge is 2.31. The zero-order chi connectivity index (χ0) is 11.9. The van der Waals surface area contributed by atoms with Gasteiger partial charge in [0.25, 0.3) is 5.69 Å².